The van der Waals surface area contributed by atoms with Gasteiger partial charge >= 0.3 is 0 Å². The van der Waals surface area contributed by atoms with Gasteiger partial charge < -0.3 is 15.2 Å². The number of hydrogen-bond acceptors (Lipinski definition) is 4. The Balaban J connectivity index is 1.58. The van der Waals surface area contributed by atoms with Crippen molar-refractivity contribution in [1.29, 1.82) is 0 Å². The zero-order valence-electron chi connectivity index (χ0n) is 9.80. The molecule has 1 aliphatic carbocycles. The monoisotopic (exact) mass is 234 g/mol. The summed E-state index contributed by atoms with van der Waals surface area (Å²) in [6, 6.07) is 2.57. The van der Waals surface area contributed by atoms with E-state index in [1.54, 1.807) is 6.20 Å². The van der Waals surface area contributed by atoms with E-state index in [1.165, 1.54) is 12.0 Å². The quantitative estimate of drug-likeness (QED) is 0.795. The van der Waals surface area contributed by atoms with Crippen molar-refractivity contribution in [1.82, 2.24) is 10.3 Å². The van der Waals surface area contributed by atoms with Crippen molar-refractivity contribution in [2.24, 2.45) is 5.92 Å². The number of aliphatic hydroxyl groups excluding tert-OH is 1. The SMILES string of the molecule is OC[C@@H]1CC1c1cncc(OC[C@@H]2CCN2)c1. The predicted molar refractivity (Wildman–Crippen MR) is 64.1 cm³/mol. The third-order valence-corrected chi connectivity index (χ3v) is 3.70. The Morgan fingerprint density at radius 1 is 1.47 bits per heavy atom. The highest BCUT2D eigenvalue weighted by Crippen LogP contribution is 2.47. The van der Waals surface area contributed by atoms with Gasteiger partial charge in [-0.2, -0.15) is 0 Å². The Kier molecular flexibility index (Phi) is 2.99. The van der Waals surface area contributed by atoms with Crippen LogP contribution in [0.25, 0.3) is 0 Å². The second kappa shape index (κ2) is 4.63. The minimum Gasteiger partial charge on any atom is -0.490 e. The molecule has 0 amide bonds. The molecule has 1 saturated heterocycles. The van der Waals surface area contributed by atoms with E-state index in [9.17, 15) is 0 Å². The van der Waals surface area contributed by atoms with Crippen LogP contribution >= 0.6 is 0 Å². The average molecular weight is 234 g/mol. The highest BCUT2D eigenvalue weighted by Gasteiger charge is 2.37. The van der Waals surface area contributed by atoms with Crippen molar-refractivity contribution < 1.29 is 9.84 Å². The Bertz CT molecular complexity index is 393. The Morgan fingerprint density at radius 2 is 2.35 bits per heavy atom. The number of ether oxygens (including phenoxy) is 1. The fourth-order valence-electron chi connectivity index (χ4n) is 2.26. The van der Waals surface area contributed by atoms with Crippen LogP contribution in [0.4, 0.5) is 0 Å². The van der Waals surface area contributed by atoms with Crippen molar-refractivity contribution in [3.63, 3.8) is 0 Å². The summed E-state index contributed by atoms with van der Waals surface area (Å²) in [5.74, 6) is 1.76. The highest BCUT2D eigenvalue weighted by atomic mass is 16.5. The molecule has 0 aromatic carbocycles. The van der Waals surface area contributed by atoms with E-state index in [0.717, 1.165) is 25.3 Å². The summed E-state index contributed by atoms with van der Waals surface area (Å²) in [7, 11) is 0. The summed E-state index contributed by atoms with van der Waals surface area (Å²) in [6.45, 7) is 2.10. The zero-order valence-corrected chi connectivity index (χ0v) is 9.80. The van der Waals surface area contributed by atoms with Gasteiger partial charge in [0.25, 0.3) is 0 Å². The first-order valence-electron chi connectivity index (χ1n) is 6.29. The lowest BCUT2D eigenvalue weighted by Gasteiger charge is -2.27. The summed E-state index contributed by atoms with van der Waals surface area (Å²) in [5, 5.41) is 12.4. The van der Waals surface area contributed by atoms with Crippen molar-refractivity contribution in [2.45, 2.75) is 24.8 Å². The van der Waals surface area contributed by atoms with E-state index >= 15 is 0 Å². The molecule has 1 aromatic heterocycles. The molecular formula is C13H18N2O2. The number of nitrogens with zero attached hydrogens (tertiary/aromatic N) is 1. The minimum atomic E-state index is 0.280. The van der Waals surface area contributed by atoms with Crippen molar-refractivity contribution >= 4 is 0 Å². The normalized spacial score (nSPS) is 30.8. The summed E-state index contributed by atoms with van der Waals surface area (Å²) >= 11 is 0. The van der Waals surface area contributed by atoms with Gasteiger partial charge in [0, 0.05) is 18.8 Å². The number of aromatic nitrogens is 1. The van der Waals surface area contributed by atoms with Crippen LogP contribution in [0.2, 0.25) is 0 Å². The van der Waals surface area contributed by atoms with E-state index in [4.69, 9.17) is 9.84 Å². The molecule has 1 saturated carbocycles. The standard InChI is InChI=1S/C13H18N2O2/c16-7-10-4-13(10)9-3-12(6-14-5-9)17-8-11-1-2-15-11/h3,5-6,10-11,13,15-16H,1-2,4,7-8H2/t10-,11-,13?/m0/s1. The highest BCUT2D eigenvalue weighted by molar-refractivity contribution is 5.30. The van der Waals surface area contributed by atoms with E-state index in [0.29, 0.717) is 17.9 Å². The van der Waals surface area contributed by atoms with Crippen LogP contribution in [0.1, 0.15) is 24.3 Å². The third kappa shape index (κ3) is 2.42. The summed E-state index contributed by atoms with van der Waals surface area (Å²) in [5.41, 5.74) is 1.20. The number of hydrogen-bond donors (Lipinski definition) is 2. The largest absolute Gasteiger partial charge is 0.490 e. The van der Waals surface area contributed by atoms with E-state index < -0.39 is 0 Å². The summed E-state index contributed by atoms with van der Waals surface area (Å²) in [4.78, 5) is 4.21. The first kappa shape index (κ1) is 11.0. The molecule has 2 heterocycles. The molecule has 2 fully saturated rings. The van der Waals surface area contributed by atoms with E-state index in [2.05, 4.69) is 16.4 Å². The molecule has 17 heavy (non-hydrogen) atoms. The molecule has 0 radical (unpaired) electrons. The van der Waals surface area contributed by atoms with Crippen LogP contribution in [0.15, 0.2) is 18.5 Å². The van der Waals surface area contributed by atoms with E-state index in [-0.39, 0.29) is 6.61 Å². The fourth-order valence-corrected chi connectivity index (χ4v) is 2.26. The summed E-state index contributed by atoms with van der Waals surface area (Å²) in [6.07, 6.45) is 5.92. The molecule has 0 bridgehead atoms. The second-order valence-electron chi connectivity index (χ2n) is 4.99. The Morgan fingerprint density at radius 3 is 3.00 bits per heavy atom. The molecule has 2 aliphatic rings. The maximum atomic E-state index is 9.06. The molecular weight excluding hydrogens is 216 g/mol. The van der Waals surface area contributed by atoms with Gasteiger partial charge in [-0.15, -0.1) is 0 Å². The molecule has 3 rings (SSSR count). The minimum absolute atomic E-state index is 0.280. The smallest absolute Gasteiger partial charge is 0.137 e. The molecule has 1 unspecified atom stereocenters. The van der Waals surface area contributed by atoms with Crippen molar-refractivity contribution in [2.75, 3.05) is 19.8 Å². The molecule has 1 aliphatic heterocycles. The van der Waals surface area contributed by atoms with Crippen LogP contribution in [0, 0.1) is 5.92 Å². The van der Waals surface area contributed by atoms with Crippen molar-refractivity contribution in [3.05, 3.63) is 24.0 Å². The Hall–Kier alpha value is -1.13. The topological polar surface area (TPSA) is 54.4 Å². The summed E-state index contributed by atoms with van der Waals surface area (Å²) < 4.78 is 5.71. The number of rotatable bonds is 5. The molecule has 2 N–H and O–H groups in total. The lowest BCUT2D eigenvalue weighted by Crippen LogP contribution is -2.46. The van der Waals surface area contributed by atoms with Gasteiger partial charge in [-0.25, -0.2) is 0 Å². The lowest BCUT2D eigenvalue weighted by molar-refractivity contribution is 0.216. The van der Waals surface area contributed by atoms with Gasteiger partial charge in [-0.1, -0.05) is 0 Å². The first-order chi connectivity index (χ1) is 8.36. The van der Waals surface area contributed by atoms with Gasteiger partial charge in [0.05, 0.1) is 6.20 Å². The number of aliphatic hydroxyl groups is 1. The molecule has 3 atom stereocenters. The number of nitrogens with one attached hydrogen (secondary N) is 1. The van der Waals surface area contributed by atoms with Crippen LogP contribution in [0.3, 0.4) is 0 Å². The van der Waals surface area contributed by atoms with Gasteiger partial charge in [0.1, 0.15) is 12.4 Å². The van der Waals surface area contributed by atoms with Crippen LogP contribution < -0.4 is 10.1 Å². The number of pyridine rings is 1. The maximum absolute atomic E-state index is 9.06. The van der Waals surface area contributed by atoms with Gasteiger partial charge in [0.2, 0.25) is 0 Å². The zero-order chi connectivity index (χ0) is 11.7. The maximum Gasteiger partial charge on any atom is 0.137 e. The second-order valence-corrected chi connectivity index (χ2v) is 4.99. The fraction of sp³-hybridized carbons (Fsp3) is 0.615. The average Bonchev–Trinajstić information content (AvgIpc) is 3.07. The van der Waals surface area contributed by atoms with Gasteiger partial charge in [0.15, 0.2) is 0 Å². The first-order valence-corrected chi connectivity index (χ1v) is 6.29. The molecule has 4 nitrogen and oxygen atoms in total. The lowest BCUT2D eigenvalue weighted by atomic mass is 10.1. The van der Waals surface area contributed by atoms with Crippen LogP contribution in [-0.4, -0.2) is 35.9 Å². The molecule has 1 aromatic rings. The van der Waals surface area contributed by atoms with E-state index in [1.807, 2.05) is 6.20 Å². The molecule has 0 spiro atoms. The van der Waals surface area contributed by atoms with Crippen molar-refractivity contribution in [3.8, 4) is 5.75 Å². The van der Waals surface area contributed by atoms with Crippen LogP contribution in [-0.2, 0) is 0 Å². The van der Waals surface area contributed by atoms with Gasteiger partial charge in [-0.3, -0.25) is 4.98 Å². The molecule has 92 valence electrons. The third-order valence-electron chi connectivity index (χ3n) is 3.70. The molecule has 4 heteroatoms. The Labute approximate surface area is 101 Å². The predicted octanol–water partition coefficient (Wildman–Crippen LogP) is 0.918. The van der Waals surface area contributed by atoms with Gasteiger partial charge in [-0.05, 0) is 42.9 Å². The van der Waals surface area contributed by atoms with Crippen LogP contribution in [0.5, 0.6) is 5.75 Å².